The van der Waals surface area contributed by atoms with Crippen LogP contribution in [-0.4, -0.2) is 35.7 Å². The molecular weight excluding hydrogens is 522 g/mol. The van der Waals surface area contributed by atoms with Crippen molar-refractivity contribution in [3.63, 3.8) is 0 Å². The predicted octanol–water partition coefficient (Wildman–Crippen LogP) is 6.47. The first-order chi connectivity index (χ1) is 18.2. The summed E-state index contributed by atoms with van der Waals surface area (Å²) >= 11 is 7.52. The molecule has 4 aromatic rings. The molecule has 7 nitrogen and oxygen atoms in total. The summed E-state index contributed by atoms with van der Waals surface area (Å²) in [7, 11) is 0. The van der Waals surface area contributed by atoms with Gasteiger partial charge in [0.25, 0.3) is 11.8 Å². The number of benzene rings is 2. The van der Waals surface area contributed by atoms with Crippen molar-refractivity contribution in [1.29, 1.82) is 0 Å². The molecule has 0 aliphatic rings. The second-order valence-corrected chi connectivity index (χ2v) is 10.5. The lowest BCUT2D eigenvalue weighted by Gasteiger charge is -2.10. The van der Waals surface area contributed by atoms with Gasteiger partial charge >= 0.3 is 0 Å². The third-order valence-corrected chi connectivity index (χ3v) is 7.56. The summed E-state index contributed by atoms with van der Waals surface area (Å²) < 4.78 is 14.3. The van der Waals surface area contributed by atoms with Crippen molar-refractivity contribution in [3.8, 4) is 5.75 Å². The quantitative estimate of drug-likeness (QED) is 0.146. The van der Waals surface area contributed by atoms with Crippen molar-refractivity contribution in [2.45, 2.75) is 40.5 Å². The van der Waals surface area contributed by atoms with Gasteiger partial charge < -0.3 is 19.5 Å². The topological polar surface area (TPSA) is 96.4 Å². The van der Waals surface area contributed by atoms with Crippen LogP contribution in [-0.2, 0) is 6.42 Å². The molecule has 0 saturated heterocycles. The van der Waals surface area contributed by atoms with Crippen molar-refractivity contribution in [2.75, 3.05) is 18.9 Å². The fourth-order valence-corrected chi connectivity index (χ4v) is 5.07. The van der Waals surface area contributed by atoms with Crippen LogP contribution in [0.15, 0.2) is 46.9 Å². The average Bonchev–Trinajstić information content (AvgIpc) is 3.43. The van der Waals surface area contributed by atoms with E-state index in [0.29, 0.717) is 48.1 Å². The summed E-state index contributed by atoms with van der Waals surface area (Å²) in [5, 5.41) is 4.64. The van der Waals surface area contributed by atoms with Gasteiger partial charge in [-0.1, -0.05) is 29.8 Å². The van der Waals surface area contributed by atoms with Crippen LogP contribution in [0.1, 0.15) is 55.5 Å². The van der Waals surface area contributed by atoms with E-state index in [0.717, 1.165) is 44.8 Å². The Morgan fingerprint density at radius 2 is 1.79 bits per heavy atom. The number of H-pyrrole nitrogens is 1. The van der Waals surface area contributed by atoms with E-state index in [1.165, 1.54) is 11.9 Å². The Kier molecular flexibility index (Phi) is 9.07. The number of aromatic nitrogens is 1. The molecule has 2 amide bonds. The van der Waals surface area contributed by atoms with Gasteiger partial charge in [-0.2, -0.15) is 0 Å². The first kappa shape index (κ1) is 27.7. The summed E-state index contributed by atoms with van der Waals surface area (Å²) in [5.41, 5.74) is 4.93. The highest BCUT2D eigenvalue weighted by atomic mass is 35.5. The Balaban J connectivity index is 1.31. The molecule has 200 valence electrons. The summed E-state index contributed by atoms with van der Waals surface area (Å²) in [6.07, 6.45) is 1.43. The lowest BCUT2D eigenvalue weighted by Crippen LogP contribution is -2.27. The van der Waals surface area contributed by atoms with E-state index in [1.54, 1.807) is 13.0 Å². The van der Waals surface area contributed by atoms with Gasteiger partial charge in [-0.05, 0) is 93.4 Å². The number of carbonyl (C=O) groups is 2. The summed E-state index contributed by atoms with van der Waals surface area (Å²) in [6, 6.07) is 13.5. The van der Waals surface area contributed by atoms with Crippen LogP contribution in [0.25, 0.3) is 10.9 Å². The fourth-order valence-electron chi connectivity index (χ4n) is 4.42. The molecule has 0 bridgehead atoms. The van der Waals surface area contributed by atoms with Crippen molar-refractivity contribution in [3.05, 3.63) is 87.0 Å². The third kappa shape index (κ3) is 6.55. The molecule has 0 saturated carbocycles. The highest BCUT2D eigenvalue weighted by Gasteiger charge is 2.18. The van der Waals surface area contributed by atoms with E-state index in [2.05, 4.69) is 15.0 Å². The largest absolute Gasteiger partial charge is 0.494 e. The van der Waals surface area contributed by atoms with Crippen molar-refractivity contribution >= 4 is 46.3 Å². The molecular formula is C29H32ClN3O4S. The predicted molar refractivity (Wildman–Crippen MR) is 153 cm³/mol. The smallest absolute Gasteiger partial charge is 0.277 e. The number of nitrogens with one attached hydrogen (secondary N) is 3. The molecule has 3 N–H and O–H groups in total. The Labute approximate surface area is 231 Å². The monoisotopic (exact) mass is 553 g/mol. The molecule has 38 heavy (non-hydrogen) atoms. The van der Waals surface area contributed by atoms with E-state index < -0.39 is 0 Å². The van der Waals surface area contributed by atoms with Gasteiger partial charge in [-0.15, -0.1) is 0 Å². The van der Waals surface area contributed by atoms with Crippen LogP contribution in [0.2, 0.25) is 5.02 Å². The normalized spacial score (nSPS) is 11.1. The minimum Gasteiger partial charge on any atom is -0.494 e. The van der Waals surface area contributed by atoms with Crippen LogP contribution in [0, 0.1) is 27.7 Å². The molecule has 2 aromatic carbocycles. The zero-order valence-electron chi connectivity index (χ0n) is 22.0. The zero-order valence-corrected chi connectivity index (χ0v) is 23.6. The van der Waals surface area contributed by atoms with Crippen LogP contribution in [0.4, 0.5) is 0 Å². The van der Waals surface area contributed by atoms with Crippen molar-refractivity contribution in [2.24, 2.45) is 0 Å². The second kappa shape index (κ2) is 12.5. The van der Waals surface area contributed by atoms with E-state index in [4.69, 9.17) is 20.8 Å². The van der Waals surface area contributed by atoms with Gasteiger partial charge in [0.2, 0.25) is 0 Å². The molecule has 9 heteroatoms. The van der Waals surface area contributed by atoms with Gasteiger partial charge in [-0.25, -0.2) is 0 Å². The summed E-state index contributed by atoms with van der Waals surface area (Å²) in [4.78, 5) is 28.6. The molecule has 0 radical (unpaired) electrons. The number of fused-ring (bicyclic) bond motifs is 1. The minimum absolute atomic E-state index is 0.185. The highest BCUT2D eigenvalue weighted by molar-refractivity contribution is 7.97. The van der Waals surface area contributed by atoms with Crippen molar-refractivity contribution in [1.82, 2.24) is 15.0 Å². The molecule has 0 atom stereocenters. The van der Waals surface area contributed by atoms with Crippen LogP contribution in [0.5, 0.6) is 5.75 Å². The highest BCUT2D eigenvalue weighted by Crippen LogP contribution is 2.27. The third-order valence-electron chi connectivity index (χ3n) is 6.23. The molecule has 0 aliphatic carbocycles. The van der Waals surface area contributed by atoms with Gasteiger partial charge in [0.1, 0.15) is 23.0 Å². The maximum atomic E-state index is 13.1. The second-order valence-electron chi connectivity index (χ2n) is 9.21. The van der Waals surface area contributed by atoms with E-state index in [1.807, 2.05) is 57.2 Å². The number of halogens is 1. The number of rotatable bonds is 11. The molecule has 4 rings (SSSR count). The van der Waals surface area contributed by atoms with Crippen LogP contribution in [0.3, 0.4) is 0 Å². The minimum atomic E-state index is -0.196. The lowest BCUT2D eigenvalue weighted by molar-refractivity contribution is 0.0953. The van der Waals surface area contributed by atoms with Crippen molar-refractivity contribution < 1.29 is 18.7 Å². The molecule has 2 aromatic heterocycles. The van der Waals surface area contributed by atoms with E-state index in [9.17, 15) is 9.59 Å². The van der Waals surface area contributed by atoms with E-state index >= 15 is 0 Å². The molecule has 0 unspecified atom stereocenters. The molecule has 0 spiro atoms. The average molecular weight is 554 g/mol. The maximum absolute atomic E-state index is 13.1. The number of aryl methyl sites for hydroxylation is 5. The number of hydrogen-bond acceptors (Lipinski definition) is 5. The number of amides is 2. The van der Waals surface area contributed by atoms with Gasteiger partial charge in [0, 0.05) is 28.2 Å². The number of aromatic amines is 1. The number of carbonyl (C=O) groups excluding carboxylic acids is 2. The zero-order chi connectivity index (χ0) is 27.2. The Bertz CT molecular complexity index is 1440. The number of ether oxygens (including phenoxy) is 1. The maximum Gasteiger partial charge on any atom is 0.277 e. The number of furan rings is 1. The lowest BCUT2D eigenvalue weighted by atomic mass is 10.1. The molecule has 2 heterocycles. The standard InChI is InChI=1S/C29H32ClN3O4S/c1-17-14-21(15-18(2)26(17)30)36-12-7-9-23-22-8-5-6-10-25(22)32-27(23)29(35)33-38-13-11-31-28(34)24-16-19(3)37-20(24)4/h5-6,8,10,14-16,32H,7,9,11-13H2,1-4H3,(H,31,34)(H,33,35). The number of hydrogen-bond donors (Lipinski definition) is 3. The Morgan fingerprint density at radius 1 is 1.05 bits per heavy atom. The SMILES string of the molecule is Cc1cc(C(=O)NCCSNC(=O)c2[nH]c3ccccc3c2CCCOc2cc(C)c(Cl)c(C)c2)c(C)o1. The Hall–Kier alpha value is -3.36. The first-order valence-electron chi connectivity index (χ1n) is 12.5. The van der Waals surface area contributed by atoms with Gasteiger partial charge in [0.05, 0.1) is 12.2 Å². The van der Waals surface area contributed by atoms with Gasteiger partial charge in [0.15, 0.2) is 0 Å². The molecule has 0 fully saturated rings. The van der Waals surface area contributed by atoms with Gasteiger partial charge in [-0.3, -0.25) is 14.3 Å². The Morgan fingerprint density at radius 3 is 2.50 bits per heavy atom. The first-order valence-corrected chi connectivity index (χ1v) is 13.9. The van der Waals surface area contributed by atoms with Crippen LogP contribution < -0.4 is 14.8 Å². The summed E-state index contributed by atoms with van der Waals surface area (Å²) in [5.74, 6) is 2.23. The summed E-state index contributed by atoms with van der Waals surface area (Å²) in [6.45, 7) is 8.43. The van der Waals surface area contributed by atoms with E-state index in [-0.39, 0.29) is 11.8 Å². The fraction of sp³-hybridized carbons (Fsp3) is 0.310. The van der Waals surface area contributed by atoms with Crippen LogP contribution >= 0.6 is 23.5 Å². The molecule has 0 aliphatic heterocycles. The number of para-hydroxylation sites is 1.